The molecule has 0 radical (unpaired) electrons. The summed E-state index contributed by atoms with van der Waals surface area (Å²) >= 11 is 0. The van der Waals surface area contributed by atoms with E-state index in [1.807, 2.05) is 12.3 Å². The van der Waals surface area contributed by atoms with Crippen molar-refractivity contribution in [1.82, 2.24) is 15.6 Å². The van der Waals surface area contributed by atoms with E-state index in [1.54, 1.807) is 0 Å². The molecule has 28 heavy (non-hydrogen) atoms. The van der Waals surface area contributed by atoms with Crippen LogP contribution in [0, 0.1) is 0 Å². The van der Waals surface area contributed by atoms with Crippen molar-refractivity contribution in [2.24, 2.45) is 9.98 Å². The van der Waals surface area contributed by atoms with Crippen molar-refractivity contribution in [3.63, 3.8) is 0 Å². The minimum atomic E-state index is 0.847. The van der Waals surface area contributed by atoms with Crippen LogP contribution in [-0.4, -0.2) is 42.8 Å². The Balaban J connectivity index is 1.47. The zero-order chi connectivity index (χ0) is 18.8. The number of hydrogen-bond donors (Lipinski definition) is 2. The third-order valence-corrected chi connectivity index (χ3v) is 5.06. The van der Waals surface area contributed by atoms with Crippen molar-refractivity contribution >= 4 is 11.7 Å². The third kappa shape index (κ3) is 3.16. The fraction of sp³-hybridized carbons (Fsp3) is 0.174. The number of pyridine rings is 1. The SMILES string of the molecule is c1cnc(-c2ccc(C3=NCCN3)cc2)c(-c2ccc(C3=NCCN3)cc2)c1. The van der Waals surface area contributed by atoms with Crippen molar-refractivity contribution in [3.05, 3.63) is 78.0 Å². The van der Waals surface area contributed by atoms with Gasteiger partial charge in [0, 0.05) is 41.5 Å². The van der Waals surface area contributed by atoms with Crippen LogP contribution < -0.4 is 10.6 Å². The topological polar surface area (TPSA) is 61.7 Å². The minimum Gasteiger partial charge on any atom is -0.368 e. The van der Waals surface area contributed by atoms with E-state index >= 15 is 0 Å². The molecule has 3 heterocycles. The molecule has 2 aromatic carbocycles. The van der Waals surface area contributed by atoms with Crippen molar-refractivity contribution in [1.29, 1.82) is 0 Å². The molecule has 0 amide bonds. The Morgan fingerprint density at radius 1 is 0.607 bits per heavy atom. The monoisotopic (exact) mass is 367 g/mol. The van der Waals surface area contributed by atoms with Crippen LogP contribution >= 0.6 is 0 Å². The molecule has 1 aromatic heterocycles. The van der Waals surface area contributed by atoms with Crippen LogP contribution in [0.25, 0.3) is 22.4 Å². The van der Waals surface area contributed by atoms with E-state index in [2.05, 4.69) is 80.2 Å². The zero-order valence-electron chi connectivity index (χ0n) is 15.5. The smallest absolute Gasteiger partial charge is 0.128 e. The highest BCUT2D eigenvalue weighted by atomic mass is 15.1. The van der Waals surface area contributed by atoms with E-state index in [0.29, 0.717) is 0 Å². The molecule has 0 aliphatic carbocycles. The van der Waals surface area contributed by atoms with Crippen molar-refractivity contribution in [2.45, 2.75) is 0 Å². The van der Waals surface area contributed by atoms with Gasteiger partial charge in [-0.25, -0.2) is 0 Å². The summed E-state index contributed by atoms with van der Waals surface area (Å²) in [5, 5.41) is 6.64. The Labute approximate surface area is 164 Å². The maximum atomic E-state index is 4.67. The van der Waals surface area contributed by atoms with Gasteiger partial charge in [0.05, 0.1) is 18.8 Å². The molecule has 2 aliphatic heterocycles. The highest BCUT2D eigenvalue weighted by molar-refractivity contribution is 6.01. The summed E-state index contributed by atoms with van der Waals surface area (Å²) in [5.41, 5.74) is 6.60. The second-order valence-corrected chi connectivity index (χ2v) is 6.87. The van der Waals surface area contributed by atoms with Crippen LogP contribution in [0.15, 0.2) is 76.8 Å². The quantitative estimate of drug-likeness (QED) is 0.745. The largest absolute Gasteiger partial charge is 0.368 e. The highest BCUT2D eigenvalue weighted by Crippen LogP contribution is 2.30. The number of aromatic nitrogens is 1. The summed E-state index contributed by atoms with van der Waals surface area (Å²) in [6.45, 7) is 3.53. The van der Waals surface area contributed by atoms with Gasteiger partial charge in [-0.1, -0.05) is 54.6 Å². The summed E-state index contributed by atoms with van der Waals surface area (Å²) in [4.78, 5) is 13.7. The standard InChI is InChI=1S/C23H21N5/c1-2-20(16-3-7-18(8-4-16)22-25-12-13-26-22)21(24-11-1)17-5-9-19(10-6-17)23-27-14-15-28-23/h1-11H,12-15H2,(H,25,26)(H,27,28). The van der Waals surface area contributed by atoms with Crippen molar-refractivity contribution < 1.29 is 0 Å². The molecule has 0 atom stereocenters. The average Bonchev–Trinajstić information content (AvgIpc) is 3.48. The van der Waals surface area contributed by atoms with E-state index < -0.39 is 0 Å². The Bertz CT molecular complexity index is 963. The van der Waals surface area contributed by atoms with Crippen LogP contribution in [0.5, 0.6) is 0 Å². The summed E-state index contributed by atoms with van der Waals surface area (Å²) in [5.74, 6) is 1.96. The Kier molecular flexibility index (Phi) is 4.33. The summed E-state index contributed by atoms with van der Waals surface area (Å²) in [7, 11) is 0. The molecular weight excluding hydrogens is 346 g/mol. The van der Waals surface area contributed by atoms with Gasteiger partial charge in [0.2, 0.25) is 0 Å². The predicted octanol–water partition coefficient (Wildman–Crippen LogP) is 3.12. The Morgan fingerprint density at radius 3 is 1.68 bits per heavy atom. The lowest BCUT2D eigenvalue weighted by Gasteiger charge is -2.11. The molecule has 3 aromatic rings. The van der Waals surface area contributed by atoms with Gasteiger partial charge in [-0.3, -0.25) is 15.0 Å². The Hall–Kier alpha value is -3.47. The zero-order valence-corrected chi connectivity index (χ0v) is 15.5. The van der Waals surface area contributed by atoms with Gasteiger partial charge in [-0.15, -0.1) is 0 Å². The van der Waals surface area contributed by atoms with E-state index in [4.69, 9.17) is 0 Å². The molecule has 2 N–H and O–H groups in total. The fourth-order valence-corrected chi connectivity index (χ4v) is 3.64. The predicted molar refractivity (Wildman–Crippen MR) is 114 cm³/mol. The second kappa shape index (κ2) is 7.27. The number of amidine groups is 2. The van der Waals surface area contributed by atoms with Crippen LogP contribution in [-0.2, 0) is 0 Å². The lowest BCUT2D eigenvalue weighted by Crippen LogP contribution is -2.19. The number of benzene rings is 2. The first-order valence-electron chi connectivity index (χ1n) is 9.62. The molecule has 5 heteroatoms. The van der Waals surface area contributed by atoms with E-state index in [1.165, 1.54) is 0 Å². The molecule has 0 bridgehead atoms. The van der Waals surface area contributed by atoms with Crippen molar-refractivity contribution in [3.8, 4) is 22.4 Å². The van der Waals surface area contributed by atoms with Gasteiger partial charge < -0.3 is 10.6 Å². The summed E-state index contributed by atoms with van der Waals surface area (Å²) < 4.78 is 0. The number of aliphatic imine (C=N–C) groups is 2. The maximum absolute atomic E-state index is 4.67. The van der Waals surface area contributed by atoms with E-state index in [0.717, 1.165) is 71.4 Å². The molecule has 0 unspecified atom stereocenters. The summed E-state index contributed by atoms with van der Waals surface area (Å²) in [6.07, 6.45) is 1.85. The molecule has 0 spiro atoms. The average molecular weight is 367 g/mol. The number of hydrogen-bond acceptors (Lipinski definition) is 5. The number of nitrogens with zero attached hydrogens (tertiary/aromatic N) is 3. The van der Waals surface area contributed by atoms with Crippen LogP contribution in [0.2, 0.25) is 0 Å². The number of rotatable bonds is 4. The summed E-state index contributed by atoms with van der Waals surface area (Å²) in [6, 6.07) is 21.1. The van der Waals surface area contributed by atoms with E-state index in [9.17, 15) is 0 Å². The van der Waals surface area contributed by atoms with Crippen LogP contribution in [0.3, 0.4) is 0 Å². The van der Waals surface area contributed by atoms with Crippen molar-refractivity contribution in [2.75, 3.05) is 26.2 Å². The molecule has 5 nitrogen and oxygen atoms in total. The maximum Gasteiger partial charge on any atom is 0.128 e. The van der Waals surface area contributed by atoms with Gasteiger partial charge in [-0.2, -0.15) is 0 Å². The molecular formula is C23H21N5. The van der Waals surface area contributed by atoms with E-state index in [-0.39, 0.29) is 0 Å². The molecule has 0 saturated carbocycles. The van der Waals surface area contributed by atoms with Crippen LogP contribution in [0.4, 0.5) is 0 Å². The Morgan fingerprint density at radius 2 is 1.14 bits per heavy atom. The first kappa shape index (κ1) is 16.7. The van der Waals surface area contributed by atoms with Gasteiger partial charge >= 0.3 is 0 Å². The van der Waals surface area contributed by atoms with Gasteiger partial charge in [0.1, 0.15) is 11.7 Å². The number of nitrogens with one attached hydrogen (secondary N) is 2. The fourth-order valence-electron chi connectivity index (χ4n) is 3.64. The minimum absolute atomic E-state index is 0.847. The van der Waals surface area contributed by atoms with Gasteiger partial charge in [-0.05, 0) is 11.6 Å². The molecule has 5 rings (SSSR count). The lowest BCUT2D eigenvalue weighted by atomic mass is 9.97. The first-order chi connectivity index (χ1) is 13.9. The normalized spacial score (nSPS) is 15.6. The van der Waals surface area contributed by atoms with Gasteiger partial charge in [0.15, 0.2) is 0 Å². The first-order valence-corrected chi connectivity index (χ1v) is 9.62. The molecule has 138 valence electrons. The highest BCUT2D eigenvalue weighted by Gasteiger charge is 2.12. The molecule has 2 aliphatic rings. The van der Waals surface area contributed by atoms with Gasteiger partial charge in [0.25, 0.3) is 0 Å². The van der Waals surface area contributed by atoms with Crippen LogP contribution in [0.1, 0.15) is 11.1 Å². The second-order valence-electron chi connectivity index (χ2n) is 6.87. The molecule has 0 saturated heterocycles. The molecule has 0 fully saturated rings. The lowest BCUT2D eigenvalue weighted by molar-refractivity contribution is 0.960. The third-order valence-electron chi connectivity index (χ3n) is 5.06.